The molecule has 16 heavy (non-hydrogen) atoms. The number of hydrogen-bond donors (Lipinski definition) is 1. The van der Waals surface area contributed by atoms with Crippen LogP contribution < -0.4 is 0 Å². The number of alkyl halides is 1. The van der Waals surface area contributed by atoms with Crippen molar-refractivity contribution in [1.82, 2.24) is 14.8 Å². The first-order valence-electron chi connectivity index (χ1n) is 4.69. The van der Waals surface area contributed by atoms with Crippen LogP contribution >= 0.6 is 23.8 Å². The predicted molar refractivity (Wildman–Crippen MR) is 63.8 cm³/mol. The van der Waals surface area contributed by atoms with Gasteiger partial charge >= 0.3 is 0 Å². The van der Waals surface area contributed by atoms with Crippen molar-refractivity contribution in [2.75, 3.05) is 6.67 Å². The number of aromatic amines is 1. The molecule has 2 rings (SSSR count). The van der Waals surface area contributed by atoms with Crippen molar-refractivity contribution in [3.63, 3.8) is 0 Å². The lowest BCUT2D eigenvalue weighted by atomic mass is 10.2. The largest absolute Gasteiger partial charge is 0.298 e. The van der Waals surface area contributed by atoms with E-state index in [2.05, 4.69) is 10.2 Å². The van der Waals surface area contributed by atoms with Gasteiger partial charge < -0.3 is 0 Å². The van der Waals surface area contributed by atoms with Crippen molar-refractivity contribution in [3.05, 3.63) is 34.1 Å². The minimum Gasteiger partial charge on any atom is -0.298 e. The molecule has 0 aliphatic rings. The van der Waals surface area contributed by atoms with E-state index < -0.39 is 6.67 Å². The molecule has 84 valence electrons. The number of hydrogen-bond acceptors (Lipinski definition) is 2. The van der Waals surface area contributed by atoms with Crippen molar-refractivity contribution in [2.45, 2.75) is 6.54 Å². The lowest BCUT2D eigenvalue weighted by molar-refractivity contribution is 0.445. The number of benzene rings is 1. The first-order valence-corrected chi connectivity index (χ1v) is 5.48. The molecule has 6 heteroatoms. The van der Waals surface area contributed by atoms with E-state index in [1.807, 2.05) is 12.1 Å². The molecule has 0 atom stereocenters. The Morgan fingerprint density at radius 3 is 2.69 bits per heavy atom. The Kier molecular flexibility index (Phi) is 3.36. The molecule has 1 N–H and O–H groups in total. The summed E-state index contributed by atoms with van der Waals surface area (Å²) in [6, 6.07) is 7.16. The Bertz CT molecular complexity index is 532. The summed E-state index contributed by atoms with van der Waals surface area (Å²) in [6.45, 7) is -0.276. The third kappa shape index (κ3) is 2.15. The van der Waals surface area contributed by atoms with Gasteiger partial charge in [-0.3, -0.25) is 9.67 Å². The van der Waals surface area contributed by atoms with Crippen molar-refractivity contribution < 1.29 is 4.39 Å². The fourth-order valence-corrected chi connectivity index (χ4v) is 1.78. The Hall–Kier alpha value is -1.20. The standard InChI is InChI=1S/C10H9ClFN3S/c11-8-3-1-7(2-4-8)9-13-14-10(16)15(9)6-5-12/h1-4H,5-6H2,(H,14,16). The minimum absolute atomic E-state index is 0.202. The Balaban J connectivity index is 2.47. The van der Waals surface area contributed by atoms with Crippen LogP contribution in [0, 0.1) is 4.77 Å². The topological polar surface area (TPSA) is 33.6 Å². The van der Waals surface area contributed by atoms with Gasteiger partial charge in [-0.1, -0.05) is 11.6 Å². The average molecular weight is 258 g/mol. The van der Waals surface area contributed by atoms with Crippen LogP contribution in [0.1, 0.15) is 0 Å². The highest BCUT2D eigenvalue weighted by atomic mass is 35.5. The summed E-state index contributed by atoms with van der Waals surface area (Å²) in [7, 11) is 0. The van der Waals surface area contributed by atoms with Crippen LogP contribution in [0.3, 0.4) is 0 Å². The molecule has 3 nitrogen and oxygen atoms in total. The fourth-order valence-electron chi connectivity index (χ4n) is 1.43. The van der Waals surface area contributed by atoms with Crippen LogP contribution in [0.5, 0.6) is 0 Å². The predicted octanol–water partition coefficient (Wildman–Crippen LogP) is 3.23. The molecule has 0 unspecified atom stereocenters. The molecule has 0 saturated carbocycles. The highest BCUT2D eigenvalue weighted by Crippen LogP contribution is 2.19. The minimum atomic E-state index is -0.478. The molecule has 0 radical (unpaired) electrons. The highest BCUT2D eigenvalue weighted by Gasteiger charge is 2.07. The quantitative estimate of drug-likeness (QED) is 0.857. The Morgan fingerprint density at radius 1 is 1.38 bits per heavy atom. The number of halogens is 2. The van der Waals surface area contributed by atoms with Gasteiger partial charge in [0.05, 0.1) is 6.54 Å². The van der Waals surface area contributed by atoms with Crippen molar-refractivity contribution >= 4 is 23.8 Å². The van der Waals surface area contributed by atoms with E-state index in [0.29, 0.717) is 15.6 Å². The molecule has 0 aliphatic carbocycles. The number of nitrogens with zero attached hydrogens (tertiary/aromatic N) is 2. The van der Waals surface area contributed by atoms with Gasteiger partial charge in [0.25, 0.3) is 0 Å². The van der Waals surface area contributed by atoms with E-state index in [1.54, 1.807) is 16.7 Å². The van der Waals surface area contributed by atoms with Gasteiger partial charge in [-0.25, -0.2) is 4.39 Å². The molecule has 1 aromatic heterocycles. The van der Waals surface area contributed by atoms with Crippen LogP contribution in [-0.2, 0) is 6.54 Å². The van der Waals surface area contributed by atoms with E-state index in [4.69, 9.17) is 23.8 Å². The average Bonchev–Trinajstić information content (AvgIpc) is 2.63. The maximum absolute atomic E-state index is 12.4. The number of H-pyrrole nitrogens is 1. The highest BCUT2D eigenvalue weighted by molar-refractivity contribution is 7.71. The molecular weight excluding hydrogens is 249 g/mol. The lowest BCUT2D eigenvalue weighted by Crippen LogP contribution is -2.02. The molecule has 2 aromatic rings. The second-order valence-corrected chi connectivity index (χ2v) is 4.02. The molecule has 0 bridgehead atoms. The number of rotatable bonds is 3. The van der Waals surface area contributed by atoms with E-state index in [1.165, 1.54) is 0 Å². The molecule has 0 amide bonds. The Morgan fingerprint density at radius 2 is 2.06 bits per heavy atom. The van der Waals surface area contributed by atoms with Gasteiger partial charge in [-0.05, 0) is 36.5 Å². The summed E-state index contributed by atoms with van der Waals surface area (Å²) in [5, 5.41) is 7.37. The zero-order valence-electron chi connectivity index (χ0n) is 8.28. The van der Waals surface area contributed by atoms with E-state index >= 15 is 0 Å². The smallest absolute Gasteiger partial charge is 0.195 e. The van der Waals surface area contributed by atoms with E-state index in [-0.39, 0.29) is 6.54 Å². The summed E-state index contributed by atoms with van der Waals surface area (Å²) >= 11 is 10.8. The second kappa shape index (κ2) is 4.76. The Labute approximate surface area is 102 Å². The molecule has 0 spiro atoms. The number of nitrogens with one attached hydrogen (secondary N) is 1. The van der Waals surface area contributed by atoms with Gasteiger partial charge in [0, 0.05) is 10.6 Å². The van der Waals surface area contributed by atoms with Crippen molar-refractivity contribution in [2.24, 2.45) is 0 Å². The molecule has 0 aliphatic heterocycles. The third-order valence-electron chi connectivity index (χ3n) is 2.17. The molecular formula is C10H9ClFN3S. The van der Waals surface area contributed by atoms with Crippen LogP contribution in [-0.4, -0.2) is 21.4 Å². The van der Waals surface area contributed by atoms with Gasteiger partial charge in [0.2, 0.25) is 0 Å². The summed E-state index contributed by atoms with van der Waals surface area (Å²) in [5.74, 6) is 0.624. The zero-order valence-corrected chi connectivity index (χ0v) is 9.85. The normalized spacial score (nSPS) is 10.6. The summed E-state index contributed by atoms with van der Waals surface area (Å²) < 4.78 is 14.4. The summed E-state index contributed by atoms with van der Waals surface area (Å²) in [6.07, 6.45) is 0. The van der Waals surface area contributed by atoms with E-state index in [9.17, 15) is 4.39 Å². The summed E-state index contributed by atoms with van der Waals surface area (Å²) in [5.41, 5.74) is 0.852. The first-order chi connectivity index (χ1) is 7.72. The van der Waals surface area contributed by atoms with Gasteiger partial charge in [-0.2, -0.15) is 5.10 Å². The van der Waals surface area contributed by atoms with Gasteiger partial charge in [-0.15, -0.1) is 0 Å². The maximum atomic E-state index is 12.4. The van der Waals surface area contributed by atoms with E-state index in [0.717, 1.165) is 5.56 Å². The third-order valence-corrected chi connectivity index (χ3v) is 2.73. The monoisotopic (exact) mass is 257 g/mol. The van der Waals surface area contributed by atoms with Gasteiger partial charge in [0.1, 0.15) is 6.67 Å². The summed E-state index contributed by atoms with van der Waals surface area (Å²) in [4.78, 5) is 0. The fraction of sp³-hybridized carbons (Fsp3) is 0.200. The van der Waals surface area contributed by atoms with Crippen LogP contribution in [0.4, 0.5) is 4.39 Å². The zero-order chi connectivity index (χ0) is 11.5. The first kappa shape index (κ1) is 11.3. The molecule has 0 saturated heterocycles. The molecule has 1 heterocycles. The molecule has 0 fully saturated rings. The van der Waals surface area contributed by atoms with Crippen molar-refractivity contribution in [3.8, 4) is 11.4 Å². The molecule has 1 aromatic carbocycles. The number of aromatic nitrogens is 3. The van der Waals surface area contributed by atoms with Gasteiger partial charge in [0.15, 0.2) is 10.6 Å². The van der Waals surface area contributed by atoms with Crippen molar-refractivity contribution in [1.29, 1.82) is 0 Å². The second-order valence-electron chi connectivity index (χ2n) is 3.20. The maximum Gasteiger partial charge on any atom is 0.195 e. The SMILES string of the molecule is FCCn1c(-c2ccc(Cl)cc2)n[nH]c1=S. The van der Waals surface area contributed by atoms with Crippen LogP contribution in [0.2, 0.25) is 5.02 Å². The van der Waals surface area contributed by atoms with Crippen LogP contribution in [0.25, 0.3) is 11.4 Å². The lowest BCUT2D eigenvalue weighted by Gasteiger charge is -2.03. The van der Waals surface area contributed by atoms with Crippen LogP contribution in [0.15, 0.2) is 24.3 Å².